The Kier molecular flexibility index (Phi) is 3.50. The molecule has 1 saturated carbocycles. The zero-order valence-corrected chi connectivity index (χ0v) is 10.2. The van der Waals surface area contributed by atoms with Gasteiger partial charge in [0.05, 0.1) is 11.4 Å². The topological polar surface area (TPSA) is 62.3 Å². The predicted octanol–water partition coefficient (Wildman–Crippen LogP) is 1.35. The molecule has 3 N–H and O–H groups in total. The van der Waals surface area contributed by atoms with Crippen molar-refractivity contribution in [3.63, 3.8) is 0 Å². The van der Waals surface area contributed by atoms with E-state index in [1.54, 1.807) is 0 Å². The summed E-state index contributed by atoms with van der Waals surface area (Å²) in [6.45, 7) is 1.80. The Labute approximate surface area is 97.6 Å². The fourth-order valence-electron chi connectivity index (χ4n) is 2.78. The van der Waals surface area contributed by atoms with E-state index >= 15 is 0 Å². The van der Waals surface area contributed by atoms with Gasteiger partial charge in [-0.05, 0) is 39.2 Å². The molecule has 0 aromatic heterocycles. The number of rotatable bonds is 4. The van der Waals surface area contributed by atoms with E-state index in [0.29, 0.717) is 12.5 Å². The highest BCUT2D eigenvalue weighted by Gasteiger charge is 2.43. The smallest absolute Gasteiger partial charge is 0.0918 e. The molecule has 1 atom stereocenters. The Morgan fingerprint density at radius 1 is 1.56 bits per heavy atom. The third-order valence-electron chi connectivity index (χ3n) is 4.09. The van der Waals surface area contributed by atoms with Crippen LogP contribution in [-0.4, -0.2) is 42.6 Å². The van der Waals surface area contributed by atoms with Gasteiger partial charge in [0.15, 0.2) is 0 Å². The molecule has 4 nitrogen and oxygen atoms in total. The maximum atomic E-state index is 7.25. The average molecular weight is 225 g/mol. The lowest BCUT2D eigenvalue weighted by atomic mass is 9.73. The molecular weight excluding hydrogens is 202 g/mol. The zero-order valence-electron chi connectivity index (χ0n) is 10.2. The summed E-state index contributed by atoms with van der Waals surface area (Å²) in [5.41, 5.74) is 5.61. The molecule has 92 valence electrons. The molecule has 0 radical (unpaired) electrons. The number of ether oxygens (including phenoxy) is 1. The highest BCUT2D eigenvalue weighted by atomic mass is 16.5. The molecule has 16 heavy (non-hydrogen) atoms. The standard InChI is InChI=1S/C12H23N3O/c1-15(7-3-11(13)14)10-4-8-16-12(9-10)5-2-6-12/h10H,2-9H2,1H3,(H3,13,14). The maximum absolute atomic E-state index is 7.25. The lowest BCUT2D eigenvalue weighted by Crippen LogP contribution is -2.51. The van der Waals surface area contributed by atoms with Crippen molar-refractivity contribution in [3.05, 3.63) is 0 Å². The molecule has 1 heterocycles. The van der Waals surface area contributed by atoms with Crippen LogP contribution in [0.5, 0.6) is 0 Å². The van der Waals surface area contributed by atoms with Crippen molar-refractivity contribution >= 4 is 5.84 Å². The van der Waals surface area contributed by atoms with Gasteiger partial charge in [-0.25, -0.2) is 0 Å². The van der Waals surface area contributed by atoms with Gasteiger partial charge < -0.3 is 15.4 Å². The van der Waals surface area contributed by atoms with Crippen LogP contribution in [0.2, 0.25) is 0 Å². The Morgan fingerprint density at radius 3 is 2.88 bits per heavy atom. The van der Waals surface area contributed by atoms with Crippen molar-refractivity contribution < 1.29 is 4.74 Å². The first kappa shape index (κ1) is 11.9. The van der Waals surface area contributed by atoms with Gasteiger partial charge in [-0.1, -0.05) is 0 Å². The maximum Gasteiger partial charge on any atom is 0.0918 e. The van der Waals surface area contributed by atoms with Crippen LogP contribution in [0.25, 0.3) is 0 Å². The van der Waals surface area contributed by atoms with E-state index in [9.17, 15) is 0 Å². The van der Waals surface area contributed by atoms with Crippen LogP contribution in [0.1, 0.15) is 38.5 Å². The van der Waals surface area contributed by atoms with Gasteiger partial charge in [0.25, 0.3) is 0 Å². The van der Waals surface area contributed by atoms with Gasteiger partial charge in [-0.2, -0.15) is 0 Å². The van der Waals surface area contributed by atoms with Crippen molar-refractivity contribution in [2.75, 3.05) is 20.2 Å². The molecule has 2 aliphatic rings. The van der Waals surface area contributed by atoms with E-state index in [0.717, 1.165) is 19.6 Å². The number of hydrogen-bond donors (Lipinski definition) is 2. The molecule has 1 aliphatic carbocycles. The van der Waals surface area contributed by atoms with Crippen LogP contribution in [0.3, 0.4) is 0 Å². The van der Waals surface area contributed by atoms with Crippen molar-refractivity contribution in [2.24, 2.45) is 5.73 Å². The van der Waals surface area contributed by atoms with Crippen LogP contribution in [0.4, 0.5) is 0 Å². The Hall–Kier alpha value is -0.610. The average Bonchev–Trinajstić information content (AvgIpc) is 2.24. The van der Waals surface area contributed by atoms with Gasteiger partial charge in [0.2, 0.25) is 0 Å². The molecule has 2 rings (SSSR count). The van der Waals surface area contributed by atoms with Crippen molar-refractivity contribution in [2.45, 2.75) is 50.2 Å². The van der Waals surface area contributed by atoms with E-state index in [2.05, 4.69) is 11.9 Å². The molecule has 4 heteroatoms. The number of amidine groups is 1. The van der Waals surface area contributed by atoms with E-state index in [4.69, 9.17) is 15.9 Å². The number of hydrogen-bond acceptors (Lipinski definition) is 3. The quantitative estimate of drug-likeness (QED) is 0.561. The highest BCUT2D eigenvalue weighted by Crippen LogP contribution is 2.43. The molecule has 1 saturated heterocycles. The minimum absolute atomic E-state index is 0.216. The van der Waals surface area contributed by atoms with Crippen LogP contribution >= 0.6 is 0 Å². The van der Waals surface area contributed by atoms with Crippen LogP contribution in [0.15, 0.2) is 0 Å². The third-order valence-corrected chi connectivity index (χ3v) is 4.09. The second kappa shape index (κ2) is 4.72. The fourth-order valence-corrected chi connectivity index (χ4v) is 2.78. The normalized spacial score (nSPS) is 28.0. The number of nitrogens with two attached hydrogens (primary N) is 1. The molecule has 0 aromatic carbocycles. The highest BCUT2D eigenvalue weighted by molar-refractivity contribution is 5.76. The van der Waals surface area contributed by atoms with Gasteiger partial charge in [-0.15, -0.1) is 0 Å². The largest absolute Gasteiger partial charge is 0.388 e. The third kappa shape index (κ3) is 2.55. The second-order valence-corrected chi connectivity index (χ2v) is 5.29. The molecule has 1 unspecified atom stereocenters. The van der Waals surface area contributed by atoms with Gasteiger partial charge in [-0.3, -0.25) is 5.41 Å². The van der Waals surface area contributed by atoms with Gasteiger partial charge >= 0.3 is 0 Å². The molecule has 0 aromatic rings. The van der Waals surface area contributed by atoms with Crippen molar-refractivity contribution in [3.8, 4) is 0 Å². The first-order chi connectivity index (χ1) is 7.61. The minimum Gasteiger partial charge on any atom is -0.388 e. The summed E-state index contributed by atoms with van der Waals surface area (Å²) in [6, 6.07) is 0.619. The van der Waals surface area contributed by atoms with Gasteiger partial charge in [0.1, 0.15) is 0 Å². The lowest BCUT2D eigenvalue weighted by molar-refractivity contribution is -0.146. The fraction of sp³-hybridized carbons (Fsp3) is 0.917. The van der Waals surface area contributed by atoms with Crippen LogP contribution in [-0.2, 0) is 4.74 Å². The monoisotopic (exact) mass is 225 g/mol. The second-order valence-electron chi connectivity index (χ2n) is 5.29. The summed E-state index contributed by atoms with van der Waals surface area (Å²) < 4.78 is 5.91. The SMILES string of the molecule is CN(CCC(=N)N)C1CCOC2(CCC2)C1. The van der Waals surface area contributed by atoms with Gasteiger partial charge in [0, 0.05) is 25.6 Å². The molecule has 1 spiro atoms. The predicted molar refractivity (Wildman–Crippen MR) is 64.7 cm³/mol. The zero-order chi connectivity index (χ0) is 11.6. The summed E-state index contributed by atoms with van der Waals surface area (Å²) in [4.78, 5) is 2.35. The van der Waals surface area contributed by atoms with E-state index in [-0.39, 0.29) is 11.4 Å². The lowest BCUT2D eigenvalue weighted by Gasteiger charge is -2.49. The summed E-state index contributed by atoms with van der Waals surface area (Å²) in [5, 5.41) is 7.25. The summed E-state index contributed by atoms with van der Waals surface area (Å²) in [6.07, 6.45) is 6.77. The molecule has 0 amide bonds. The Morgan fingerprint density at radius 2 is 2.31 bits per heavy atom. The van der Waals surface area contributed by atoms with Crippen LogP contribution in [0, 0.1) is 5.41 Å². The molecule has 0 bridgehead atoms. The van der Waals surface area contributed by atoms with E-state index in [1.807, 2.05) is 0 Å². The molecule has 1 aliphatic heterocycles. The Bertz CT molecular complexity index is 263. The first-order valence-corrected chi connectivity index (χ1v) is 6.28. The molecular formula is C12H23N3O. The minimum atomic E-state index is 0.216. The van der Waals surface area contributed by atoms with Crippen molar-refractivity contribution in [1.29, 1.82) is 5.41 Å². The first-order valence-electron chi connectivity index (χ1n) is 6.28. The Balaban J connectivity index is 1.81. The number of nitrogens with one attached hydrogen (secondary N) is 1. The summed E-state index contributed by atoms with van der Waals surface area (Å²) in [7, 11) is 2.14. The summed E-state index contributed by atoms with van der Waals surface area (Å²) in [5.74, 6) is 0.289. The summed E-state index contributed by atoms with van der Waals surface area (Å²) >= 11 is 0. The van der Waals surface area contributed by atoms with E-state index < -0.39 is 0 Å². The number of nitrogens with zero attached hydrogens (tertiary/aromatic N) is 1. The molecule has 2 fully saturated rings. The van der Waals surface area contributed by atoms with Crippen LogP contribution < -0.4 is 5.73 Å². The van der Waals surface area contributed by atoms with E-state index in [1.165, 1.54) is 25.7 Å². The van der Waals surface area contributed by atoms with Crippen molar-refractivity contribution in [1.82, 2.24) is 4.90 Å².